The molecule has 1 heterocycles. The summed E-state index contributed by atoms with van der Waals surface area (Å²) in [6.45, 7) is 2.15. The minimum atomic E-state index is -0.507. The lowest BCUT2D eigenvalue weighted by atomic mass is 10.1. The van der Waals surface area contributed by atoms with Gasteiger partial charge in [0.05, 0.1) is 11.9 Å². The standard InChI is InChI=1S/C21H19N5O/c1-2-6-15-9-11-16(12-10-15)14-23-26-21-24-19(17-7-4-3-5-8-17)18(13-22)20(27)25-21/h3-5,7-12,14H,2,6H2,1H3,(H2,24,25,26,27). The highest BCUT2D eigenvalue weighted by Gasteiger charge is 2.12. The number of hydrogen-bond donors (Lipinski definition) is 2. The largest absolute Gasteiger partial charge is 0.290 e. The summed E-state index contributed by atoms with van der Waals surface area (Å²) in [7, 11) is 0. The van der Waals surface area contributed by atoms with Gasteiger partial charge < -0.3 is 0 Å². The number of aromatic amines is 1. The molecule has 3 aromatic rings. The molecule has 1 aromatic heterocycles. The van der Waals surface area contributed by atoms with E-state index in [0.717, 1.165) is 18.4 Å². The third-order valence-electron chi connectivity index (χ3n) is 3.98. The van der Waals surface area contributed by atoms with Crippen LogP contribution in [0, 0.1) is 11.3 Å². The Morgan fingerprint density at radius 1 is 1.19 bits per heavy atom. The van der Waals surface area contributed by atoms with Gasteiger partial charge in [-0.05, 0) is 17.5 Å². The molecule has 0 spiro atoms. The SMILES string of the molecule is CCCc1ccc(C=NNc2nc(-c3ccccc3)c(C#N)c(=O)[nH]2)cc1. The number of aryl methyl sites for hydroxylation is 1. The molecule has 134 valence electrons. The average Bonchev–Trinajstić information content (AvgIpc) is 2.70. The van der Waals surface area contributed by atoms with Crippen LogP contribution < -0.4 is 11.0 Å². The second kappa shape index (κ2) is 8.59. The average molecular weight is 357 g/mol. The minimum Gasteiger partial charge on any atom is -0.290 e. The first-order chi connectivity index (χ1) is 13.2. The summed E-state index contributed by atoms with van der Waals surface area (Å²) in [5, 5.41) is 13.4. The Hall–Kier alpha value is -3.72. The van der Waals surface area contributed by atoms with Gasteiger partial charge in [0, 0.05) is 5.56 Å². The molecule has 6 nitrogen and oxygen atoms in total. The van der Waals surface area contributed by atoms with Crippen LogP contribution in [0.3, 0.4) is 0 Å². The van der Waals surface area contributed by atoms with E-state index >= 15 is 0 Å². The predicted molar refractivity (Wildman–Crippen MR) is 107 cm³/mol. The number of nitrogens with zero attached hydrogens (tertiary/aromatic N) is 3. The Kier molecular flexibility index (Phi) is 5.75. The molecule has 0 aliphatic carbocycles. The number of nitriles is 1. The predicted octanol–water partition coefficient (Wildman–Crippen LogP) is 3.71. The highest BCUT2D eigenvalue weighted by atomic mass is 16.1. The van der Waals surface area contributed by atoms with Crippen molar-refractivity contribution >= 4 is 12.2 Å². The molecule has 0 saturated heterocycles. The molecule has 6 heteroatoms. The fourth-order valence-electron chi connectivity index (χ4n) is 2.66. The van der Waals surface area contributed by atoms with E-state index in [1.807, 2.05) is 36.4 Å². The lowest BCUT2D eigenvalue weighted by molar-refractivity contribution is 0.922. The van der Waals surface area contributed by atoms with Crippen LogP contribution in [0.2, 0.25) is 0 Å². The number of hydrogen-bond acceptors (Lipinski definition) is 5. The van der Waals surface area contributed by atoms with Crippen LogP contribution in [-0.4, -0.2) is 16.2 Å². The molecule has 3 rings (SSSR count). The van der Waals surface area contributed by atoms with Gasteiger partial charge in [0.15, 0.2) is 0 Å². The molecule has 27 heavy (non-hydrogen) atoms. The van der Waals surface area contributed by atoms with Gasteiger partial charge in [-0.2, -0.15) is 10.4 Å². The maximum atomic E-state index is 12.2. The molecular weight excluding hydrogens is 338 g/mol. The summed E-state index contributed by atoms with van der Waals surface area (Å²) in [4.78, 5) is 19.1. The van der Waals surface area contributed by atoms with Crippen molar-refractivity contribution in [3.63, 3.8) is 0 Å². The maximum absolute atomic E-state index is 12.2. The first-order valence-corrected chi connectivity index (χ1v) is 8.69. The number of anilines is 1. The van der Waals surface area contributed by atoms with Crippen molar-refractivity contribution in [2.45, 2.75) is 19.8 Å². The Bertz CT molecular complexity index is 1030. The Morgan fingerprint density at radius 2 is 1.93 bits per heavy atom. The normalized spacial score (nSPS) is 10.7. The summed E-state index contributed by atoms with van der Waals surface area (Å²) < 4.78 is 0. The highest BCUT2D eigenvalue weighted by Crippen LogP contribution is 2.19. The van der Waals surface area contributed by atoms with Crippen molar-refractivity contribution in [3.05, 3.63) is 81.6 Å². The van der Waals surface area contributed by atoms with E-state index in [0.29, 0.717) is 11.3 Å². The number of rotatable bonds is 6. The van der Waals surface area contributed by atoms with Gasteiger partial charge >= 0.3 is 0 Å². The van der Waals surface area contributed by atoms with E-state index in [1.165, 1.54) is 5.56 Å². The van der Waals surface area contributed by atoms with Crippen LogP contribution in [-0.2, 0) is 6.42 Å². The van der Waals surface area contributed by atoms with E-state index in [4.69, 9.17) is 0 Å². The van der Waals surface area contributed by atoms with Gasteiger partial charge in [-0.1, -0.05) is 67.9 Å². The van der Waals surface area contributed by atoms with Gasteiger partial charge in [-0.25, -0.2) is 10.4 Å². The van der Waals surface area contributed by atoms with E-state index in [2.05, 4.69) is 39.6 Å². The topological polar surface area (TPSA) is 93.9 Å². The number of nitrogens with one attached hydrogen (secondary N) is 2. The highest BCUT2D eigenvalue weighted by molar-refractivity contribution is 5.80. The first kappa shape index (κ1) is 18.1. The molecule has 0 bridgehead atoms. The number of hydrazone groups is 1. The molecular formula is C21H19N5O. The number of benzene rings is 2. The van der Waals surface area contributed by atoms with Crippen LogP contribution in [0.1, 0.15) is 30.0 Å². The Labute approximate surface area is 157 Å². The van der Waals surface area contributed by atoms with Crippen molar-refractivity contribution in [1.82, 2.24) is 9.97 Å². The van der Waals surface area contributed by atoms with Gasteiger partial charge in [-0.15, -0.1) is 0 Å². The van der Waals surface area contributed by atoms with Crippen molar-refractivity contribution in [1.29, 1.82) is 5.26 Å². The summed E-state index contributed by atoms with van der Waals surface area (Å²) >= 11 is 0. The first-order valence-electron chi connectivity index (χ1n) is 8.69. The summed E-state index contributed by atoms with van der Waals surface area (Å²) in [6.07, 6.45) is 3.81. The van der Waals surface area contributed by atoms with Crippen molar-refractivity contribution in [3.8, 4) is 17.3 Å². The quantitative estimate of drug-likeness (QED) is 0.519. The maximum Gasteiger partial charge on any atom is 0.270 e. The van der Waals surface area contributed by atoms with Crippen LogP contribution in [0.25, 0.3) is 11.3 Å². The monoisotopic (exact) mass is 357 g/mol. The Balaban J connectivity index is 1.82. The molecule has 0 saturated carbocycles. The van der Waals surface area contributed by atoms with Gasteiger partial charge in [0.2, 0.25) is 5.95 Å². The van der Waals surface area contributed by atoms with E-state index in [-0.39, 0.29) is 11.5 Å². The molecule has 0 fully saturated rings. The summed E-state index contributed by atoms with van der Waals surface area (Å²) in [6, 6.07) is 19.1. The summed E-state index contributed by atoms with van der Waals surface area (Å²) in [5.74, 6) is 0.178. The van der Waals surface area contributed by atoms with Crippen LogP contribution in [0.5, 0.6) is 0 Å². The van der Waals surface area contributed by atoms with Crippen molar-refractivity contribution in [2.75, 3.05) is 5.43 Å². The van der Waals surface area contributed by atoms with Crippen LogP contribution in [0.4, 0.5) is 5.95 Å². The molecule has 0 amide bonds. The van der Waals surface area contributed by atoms with E-state index in [9.17, 15) is 10.1 Å². The molecule has 0 aliphatic rings. The smallest absolute Gasteiger partial charge is 0.270 e. The zero-order valence-electron chi connectivity index (χ0n) is 14.9. The zero-order chi connectivity index (χ0) is 19.1. The van der Waals surface area contributed by atoms with Gasteiger partial charge in [0.25, 0.3) is 5.56 Å². The fourth-order valence-corrected chi connectivity index (χ4v) is 2.66. The van der Waals surface area contributed by atoms with Crippen LogP contribution in [0.15, 0.2) is 64.5 Å². The second-order valence-electron chi connectivity index (χ2n) is 5.98. The number of H-pyrrole nitrogens is 1. The molecule has 0 atom stereocenters. The van der Waals surface area contributed by atoms with E-state index < -0.39 is 5.56 Å². The fraction of sp³-hybridized carbons (Fsp3) is 0.143. The zero-order valence-corrected chi connectivity index (χ0v) is 14.9. The molecule has 2 N–H and O–H groups in total. The molecule has 0 unspecified atom stereocenters. The van der Waals surface area contributed by atoms with E-state index in [1.54, 1.807) is 18.3 Å². The summed E-state index contributed by atoms with van der Waals surface area (Å²) in [5.41, 5.74) is 5.43. The van der Waals surface area contributed by atoms with Crippen LogP contribution >= 0.6 is 0 Å². The molecule has 2 aromatic carbocycles. The number of aromatic nitrogens is 2. The Morgan fingerprint density at radius 3 is 2.59 bits per heavy atom. The lowest BCUT2D eigenvalue weighted by Gasteiger charge is -2.06. The van der Waals surface area contributed by atoms with Gasteiger partial charge in [-0.3, -0.25) is 9.78 Å². The molecule has 0 radical (unpaired) electrons. The second-order valence-corrected chi connectivity index (χ2v) is 5.98. The third-order valence-corrected chi connectivity index (χ3v) is 3.98. The molecule has 0 aliphatic heterocycles. The van der Waals surface area contributed by atoms with Crippen molar-refractivity contribution in [2.24, 2.45) is 5.10 Å². The van der Waals surface area contributed by atoms with Crippen molar-refractivity contribution < 1.29 is 0 Å². The van der Waals surface area contributed by atoms with Gasteiger partial charge in [0.1, 0.15) is 11.6 Å². The third kappa shape index (κ3) is 4.47. The lowest BCUT2D eigenvalue weighted by Crippen LogP contribution is -2.16. The minimum absolute atomic E-state index is 0.0257.